The molecule has 3 heterocycles. The van der Waals surface area contributed by atoms with Gasteiger partial charge in [0.15, 0.2) is 0 Å². The van der Waals surface area contributed by atoms with E-state index in [0.717, 1.165) is 28.0 Å². The van der Waals surface area contributed by atoms with Crippen LogP contribution in [-0.4, -0.2) is 15.0 Å². The first-order chi connectivity index (χ1) is 14.0. The minimum absolute atomic E-state index is 0.0252. The number of furan rings is 1. The Morgan fingerprint density at radius 1 is 0.759 bits per heavy atom. The van der Waals surface area contributed by atoms with Crippen LogP contribution in [0.3, 0.4) is 0 Å². The van der Waals surface area contributed by atoms with Gasteiger partial charge in [0.1, 0.15) is 6.33 Å². The zero-order valence-corrected chi connectivity index (χ0v) is 16.7. The van der Waals surface area contributed by atoms with Gasteiger partial charge in [-0.15, -0.1) is 0 Å². The number of nitrogens with zero attached hydrogens (tertiary/aromatic N) is 3. The summed E-state index contributed by atoms with van der Waals surface area (Å²) in [5.41, 5.74) is 5.46. The van der Waals surface area contributed by atoms with E-state index in [4.69, 9.17) is 4.42 Å². The molecule has 0 radical (unpaired) electrons. The zero-order valence-electron chi connectivity index (χ0n) is 16.7. The zero-order chi connectivity index (χ0) is 20.0. The summed E-state index contributed by atoms with van der Waals surface area (Å²) < 4.78 is 5.44. The first kappa shape index (κ1) is 17.6. The molecule has 0 fully saturated rings. The second-order valence-corrected chi connectivity index (χ2v) is 8.29. The summed E-state index contributed by atoms with van der Waals surface area (Å²) in [6.45, 7) is 6.73. The van der Waals surface area contributed by atoms with E-state index in [1.165, 1.54) is 16.3 Å². The van der Waals surface area contributed by atoms with Gasteiger partial charge in [-0.25, -0.2) is 15.0 Å². The Bertz CT molecular complexity index is 1350. The average Bonchev–Trinajstić information content (AvgIpc) is 3.20. The molecule has 142 valence electrons. The largest absolute Gasteiger partial charge is 0.446 e. The van der Waals surface area contributed by atoms with Crippen LogP contribution in [0.4, 0.5) is 0 Å². The summed E-state index contributed by atoms with van der Waals surface area (Å²) in [5, 5.41) is 3.47. The van der Waals surface area contributed by atoms with E-state index in [2.05, 4.69) is 72.1 Å². The van der Waals surface area contributed by atoms with Gasteiger partial charge in [0.05, 0.1) is 23.3 Å². The first-order valence-electron chi connectivity index (χ1n) is 9.69. The smallest absolute Gasteiger partial charge is 0.226 e. The molecule has 0 saturated heterocycles. The van der Waals surface area contributed by atoms with Crippen molar-refractivity contribution in [2.75, 3.05) is 0 Å². The van der Waals surface area contributed by atoms with Gasteiger partial charge in [-0.2, -0.15) is 0 Å². The number of hydrogen-bond donors (Lipinski definition) is 0. The lowest BCUT2D eigenvalue weighted by Crippen LogP contribution is -2.12. The standard InChI is InChI=1S/C25H21N3O/c1-25(2,3)20-13-18(12-17-6-4-5-7-19(17)20)22-14-23(27-15-26-22)21-9-8-16-10-11-29-24(16)28-21/h4-15H,1-3H3. The van der Waals surface area contributed by atoms with Crippen molar-refractivity contribution in [3.05, 3.63) is 78.8 Å². The summed E-state index contributed by atoms with van der Waals surface area (Å²) in [6, 6.07) is 20.8. The van der Waals surface area contributed by atoms with Gasteiger partial charge in [-0.05, 0) is 58.1 Å². The van der Waals surface area contributed by atoms with Crippen molar-refractivity contribution in [3.63, 3.8) is 0 Å². The molecule has 0 unspecified atom stereocenters. The Hall–Kier alpha value is -3.53. The number of pyridine rings is 1. The first-order valence-corrected chi connectivity index (χ1v) is 9.69. The average molecular weight is 379 g/mol. The van der Waals surface area contributed by atoms with Crippen LogP contribution in [0.1, 0.15) is 26.3 Å². The van der Waals surface area contributed by atoms with Crippen LogP contribution in [-0.2, 0) is 5.41 Å². The molecule has 0 spiro atoms. The molecule has 5 aromatic rings. The number of rotatable bonds is 2. The second-order valence-electron chi connectivity index (χ2n) is 8.29. The molecule has 0 atom stereocenters. The van der Waals surface area contributed by atoms with Gasteiger partial charge in [0, 0.05) is 10.9 Å². The molecule has 5 rings (SSSR count). The Balaban J connectivity index is 1.66. The predicted octanol–water partition coefficient (Wildman–Crippen LogP) is 6.40. The van der Waals surface area contributed by atoms with Crippen molar-refractivity contribution >= 4 is 21.9 Å². The highest BCUT2D eigenvalue weighted by molar-refractivity contribution is 5.91. The van der Waals surface area contributed by atoms with Crippen molar-refractivity contribution in [2.45, 2.75) is 26.2 Å². The van der Waals surface area contributed by atoms with Crippen LogP contribution < -0.4 is 0 Å². The van der Waals surface area contributed by atoms with Crippen molar-refractivity contribution in [1.29, 1.82) is 0 Å². The van der Waals surface area contributed by atoms with Crippen molar-refractivity contribution in [2.24, 2.45) is 0 Å². The van der Waals surface area contributed by atoms with E-state index < -0.39 is 0 Å². The summed E-state index contributed by atoms with van der Waals surface area (Å²) in [4.78, 5) is 13.6. The minimum atomic E-state index is 0.0252. The quantitative estimate of drug-likeness (QED) is 0.356. The summed E-state index contributed by atoms with van der Waals surface area (Å²) in [6.07, 6.45) is 3.25. The maximum atomic E-state index is 5.44. The molecule has 2 aromatic carbocycles. The number of fused-ring (bicyclic) bond motifs is 2. The minimum Gasteiger partial charge on any atom is -0.446 e. The van der Waals surface area contributed by atoms with E-state index in [1.54, 1.807) is 12.6 Å². The fourth-order valence-electron chi connectivity index (χ4n) is 3.72. The fourth-order valence-corrected chi connectivity index (χ4v) is 3.72. The van der Waals surface area contributed by atoms with Crippen LogP contribution in [0.25, 0.3) is 44.5 Å². The van der Waals surface area contributed by atoms with Crippen LogP contribution in [0.15, 0.2) is 77.7 Å². The lowest BCUT2D eigenvalue weighted by atomic mass is 9.82. The molecule has 0 saturated carbocycles. The van der Waals surface area contributed by atoms with Crippen molar-refractivity contribution in [3.8, 4) is 22.6 Å². The highest BCUT2D eigenvalue weighted by atomic mass is 16.3. The lowest BCUT2D eigenvalue weighted by Gasteiger charge is -2.22. The lowest BCUT2D eigenvalue weighted by molar-refractivity contribution is 0.596. The maximum Gasteiger partial charge on any atom is 0.226 e. The van der Waals surface area contributed by atoms with E-state index in [9.17, 15) is 0 Å². The number of benzene rings is 2. The Morgan fingerprint density at radius 3 is 2.45 bits per heavy atom. The highest BCUT2D eigenvalue weighted by Gasteiger charge is 2.19. The predicted molar refractivity (Wildman–Crippen MR) is 117 cm³/mol. The van der Waals surface area contributed by atoms with Crippen LogP contribution in [0, 0.1) is 0 Å². The summed E-state index contributed by atoms with van der Waals surface area (Å²) in [5.74, 6) is 0. The van der Waals surface area contributed by atoms with E-state index in [1.807, 2.05) is 24.3 Å². The SMILES string of the molecule is CC(C)(C)c1cc(-c2cc(-c3ccc4ccoc4n3)ncn2)cc2ccccc12. The number of hydrogen-bond acceptors (Lipinski definition) is 4. The maximum absolute atomic E-state index is 5.44. The Kier molecular flexibility index (Phi) is 3.95. The third kappa shape index (κ3) is 3.17. The molecule has 0 aliphatic heterocycles. The third-order valence-electron chi connectivity index (χ3n) is 5.21. The van der Waals surface area contributed by atoms with Gasteiger partial charge < -0.3 is 4.42 Å². The summed E-state index contributed by atoms with van der Waals surface area (Å²) >= 11 is 0. The van der Waals surface area contributed by atoms with Gasteiger partial charge in [-0.1, -0.05) is 45.0 Å². The Morgan fingerprint density at radius 2 is 1.59 bits per heavy atom. The number of aromatic nitrogens is 3. The normalized spacial score (nSPS) is 12.0. The molecule has 0 bridgehead atoms. The molecule has 0 N–H and O–H groups in total. The van der Waals surface area contributed by atoms with Crippen LogP contribution in [0.5, 0.6) is 0 Å². The fraction of sp³-hybridized carbons (Fsp3) is 0.160. The van der Waals surface area contributed by atoms with Crippen LogP contribution >= 0.6 is 0 Å². The molecule has 0 aliphatic rings. The van der Waals surface area contributed by atoms with E-state index in [-0.39, 0.29) is 5.41 Å². The topological polar surface area (TPSA) is 51.8 Å². The molecule has 0 amide bonds. The summed E-state index contributed by atoms with van der Waals surface area (Å²) in [7, 11) is 0. The molecule has 3 aromatic heterocycles. The Labute approximate surface area is 169 Å². The molecule has 4 heteroatoms. The van der Waals surface area contributed by atoms with Gasteiger partial charge in [0.2, 0.25) is 5.71 Å². The molecule has 29 heavy (non-hydrogen) atoms. The van der Waals surface area contributed by atoms with Crippen molar-refractivity contribution < 1.29 is 4.42 Å². The second kappa shape index (κ2) is 6.52. The molecular formula is C25H21N3O. The van der Waals surface area contributed by atoms with Gasteiger partial charge in [0.25, 0.3) is 0 Å². The molecule has 0 aliphatic carbocycles. The molecule has 4 nitrogen and oxygen atoms in total. The van der Waals surface area contributed by atoms with Crippen molar-refractivity contribution in [1.82, 2.24) is 15.0 Å². The third-order valence-corrected chi connectivity index (χ3v) is 5.21. The van der Waals surface area contributed by atoms with E-state index >= 15 is 0 Å². The van der Waals surface area contributed by atoms with Crippen LogP contribution in [0.2, 0.25) is 0 Å². The monoisotopic (exact) mass is 379 g/mol. The van der Waals surface area contributed by atoms with E-state index in [0.29, 0.717) is 5.71 Å². The molecular weight excluding hydrogens is 358 g/mol. The van der Waals surface area contributed by atoms with Gasteiger partial charge in [-0.3, -0.25) is 0 Å². The highest BCUT2D eigenvalue weighted by Crippen LogP contribution is 2.34. The van der Waals surface area contributed by atoms with Gasteiger partial charge >= 0.3 is 0 Å².